The van der Waals surface area contributed by atoms with Gasteiger partial charge in [0.2, 0.25) is 5.88 Å². The van der Waals surface area contributed by atoms with Gasteiger partial charge in [-0.2, -0.15) is 4.98 Å². The number of carboxylic acids is 1. The van der Waals surface area contributed by atoms with Crippen molar-refractivity contribution in [3.8, 4) is 34.5 Å². The number of benzene rings is 2. The Labute approximate surface area is 149 Å². The quantitative estimate of drug-likeness (QED) is 0.724. The fraction of sp³-hybridized carbons (Fsp3) is 0.105. The lowest BCUT2D eigenvalue weighted by Gasteiger charge is -2.10. The molecule has 0 aliphatic carbocycles. The van der Waals surface area contributed by atoms with Crippen molar-refractivity contribution in [1.82, 2.24) is 9.97 Å². The number of aromatic carboxylic acids is 1. The Balaban J connectivity index is 1.96. The van der Waals surface area contributed by atoms with Crippen LogP contribution in [0.15, 0.2) is 54.7 Å². The Kier molecular flexibility index (Phi) is 4.98. The second kappa shape index (κ2) is 7.52. The summed E-state index contributed by atoms with van der Waals surface area (Å²) in [5, 5.41) is 9.36. The molecule has 1 heterocycles. The van der Waals surface area contributed by atoms with Crippen LogP contribution in [0, 0.1) is 0 Å². The average molecular weight is 352 g/mol. The summed E-state index contributed by atoms with van der Waals surface area (Å²) in [7, 11) is 3.14. The van der Waals surface area contributed by atoms with E-state index in [1.54, 1.807) is 62.8 Å². The van der Waals surface area contributed by atoms with E-state index in [-0.39, 0.29) is 11.4 Å². The van der Waals surface area contributed by atoms with Crippen LogP contribution in [0.3, 0.4) is 0 Å². The molecule has 3 aromatic rings. The standard InChI is InChI=1S/C19H16N2O5/c1-24-13-5-3-12(4-6-13)17-20-11-16(19(22)23)18(21-17)26-15-9-7-14(25-2)8-10-15/h3-11H,1-2H3,(H,22,23). The normalized spacial score (nSPS) is 10.2. The SMILES string of the molecule is COc1ccc(Oc2nc(-c3ccc(OC)cc3)ncc2C(=O)O)cc1. The third-order valence-corrected chi connectivity index (χ3v) is 3.61. The molecule has 2 aromatic carbocycles. The Morgan fingerprint density at radius 1 is 0.885 bits per heavy atom. The predicted octanol–water partition coefficient (Wildman–Crippen LogP) is 3.65. The first-order chi connectivity index (χ1) is 12.6. The van der Waals surface area contributed by atoms with Crippen molar-refractivity contribution in [2.75, 3.05) is 14.2 Å². The molecule has 3 rings (SSSR count). The van der Waals surface area contributed by atoms with Gasteiger partial charge in [-0.05, 0) is 48.5 Å². The molecular formula is C19H16N2O5. The number of carbonyl (C=O) groups is 1. The Hall–Kier alpha value is -3.61. The van der Waals surface area contributed by atoms with Crippen LogP contribution in [0.2, 0.25) is 0 Å². The summed E-state index contributed by atoms with van der Waals surface area (Å²) in [5.74, 6) is 0.940. The van der Waals surface area contributed by atoms with Crippen LogP contribution in [-0.4, -0.2) is 35.3 Å². The highest BCUT2D eigenvalue weighted by atomic mass is 16.5. The number of hydrogen-bond acceptors (Lipinski definition) is 6. The number of hydrogen-bond donors (Lipinski definition) is 1. The van der Waals surface area contributed by atoms with Gasteiger partial charge < -0.3 is 19.3 Å². The fourth-order valence-electron chi connectivity index (χ4n) is 2.23. The molecule has 0 aliphatic rings. The topological polar surface area (TPSA) is 90.8 Å². The van der Waals surface area contributed by atoms with E-state index < -0.39 is 5.97 Å². The first-order valence-electron chi connectivity index (χ1n) is 7.67. The molecule has 0 fully saturated rings. The minimum Gasteiger partial charge on any atom is -0.497 e. The van der Waals surface area contributed by atoms with E-state index in [1.807, 2.05) is 0 Å². The summed E-state index contributed by atoms with van der Waals surface area (Å²) >= 11 is 0. The molecule has 26 heavy (non-hydrogen) atoms. The van der Waals surface area contributed by atoms with Crippen LogP contribution in [0.25, 0.3) is 11.4 Å². The molecule has 7 nitrogen and oxygen atoms in total. The van der Waals surface area contributed by atoms with Gasteiger partial charge in [0.15, 0.2) is 5.82 Å². The number of methoxy groups -OCH3 is 2. The van der Waals surface area contributed by atoms with Gasteiger partial charge in [0, 0.05) is 11.8 Å². The Morgan fingerprint density at radius 2 is 1.42 bits per heavy atom. The van der Waals surface area contributed by atoms with Gasteiger partial charge in [-0.3, -0.25) is 0 Å². The molecule has 0 bridgehead atoms. The molecule has 1 aromatic heterocycles. The third-order valence-electron chi connectivity index (χ3n) is 3.61. The van der Waals surface area contributed by atoms with Crippen molar-refractivity contribution in [3.63, 3.8) is 0 Å². The molecular weight excluding hydrogens is 336 g/mol. The molecule has 0 saturated carbocycles. The molecule has 0 amide bonds. The second-order valence-electron chi connectivity index (χ2n) is 5.22. The minimum atomic E-state index is -1.17. The average Bonchev–Trinajstić information content (AvgIpc) is 2.68. The summed E-state index contributed by atoms with van der Waals surface area (Å²) in [4.78, 5) is 19.8. The van der Waals surface area contributed by atoms with E-state index in [0.29, 0.717) is 28.6 Å². The van der Waals surface area contributed by atoms with E-state index in [9.17, 15) is 9.90 Å². The van der Waals surface area contributed by atoms with Gasteiger partial charge in [-0.15, -0.1) is 0 Å². The van der Waals surface area contributed by atoms with Crippen LogP contribution >= 0.6 is 0 Å². The largest absolute Gasteiger partial charge is 0.497 e. The zero-order valence-corrected chi connectivity index (χ0v) is 14.2. The predicted molar refractivity (Wildman–Crippen MR) is 94.0 cm³/mol. The lowest BCUT2D eigenvalue weighted by molar-refractivity contribution is 0.0693. The van der Waals surface area contributed by atoms with Gasteiger partial charge in [0.05, 0.1) is 14.2 Å². The first-order valence-corrected chi connectivity index (χ1v) is 7.67. The van der Waals surface area contributed by atoms with Gasteiger partial charge in [-0.1, -0.05) is 0 Å². The molecule has 132 valence electrons. The van der Waals surface area contributed by atoms with E-state index in [2.05, 4.69) is 9.97 Å². The van der Waals surface area contributed by atoms with E-state index in [4.69, 9.17) is 14.2 Å². The van der Waals surface area contributed by atoms with Crippen molar-refractivity contribution in [2.45, 2.75) is 0 Å². The van der Waals surface area contributed by atoms with Gasteiger partial charge in [0.1, 0.15) is 22.8 Å². The highest BCUT2D eigenvalue weighted by molar-refractivity contribution is 5.90. The number of ether oxygens (including phenoxy) is 3. The minimum absolute atomic E-state index is 0.0384. The zero-order valence-electron chi connectivity index (χ0n) is 14.2. The van der Waals surface area contributed by atoms with Crippen LogP contribution in [-0.2, 0) is 0 Å². The van der Waals surface area contributed by atoms with Gasteiger partial charge >= 0.3 is 5.97 Å². The van der Waals surface area contributed by atoms with Crippen molar-refractivity contribution < 1.29 is 24.1 Å². The van der Waals surface area contributed by atoms with Crippen molar-refractivity contribution >= 4 is 5.97 Å². The fourth-order valence-corrected chi connectivity index (χ4v) is 2.23. The highest BCUT2D eigenvalue weighted by Crippen LogP contribution is 2.28. The monoisotopic (exact) mass is 352 g/mol. The molecule has 1 N–H and O–H groups in total. The Morgan fingerprint density at radius 3 is 1.96 bits per heavy atom. The van der Waals surface area contributed by atoms with Crippen LogP contribution in [0.5, 0.6) is 23.1 Å². The zero-order chi connectivity index (χ0) is 18.5. The third kappa shape index (κ3) is 3.72. The molecule has 0 spiro atoms. The van der Waals surface area contributed by atoms with Crippen molar-refractivity contribution in [3.05, 3.63) is 60.3 Å². The van der Waals surface area contributed by atoms with Crippen LogP contribution < -0.4 is 14.2 Å². The number of rotatable bonds is 6. The van der Waals surface area contributed by atoms with Crippen LogP contribution in [0.1, 0.15) is 10.4 Å². The maximum Gasteiger partial charge on any atom is 0.342 e. The van der Waals surface area contributed by atoms with Crippen molar-refractivity contribution in [1.29, 1.82) is 0 Å². The molecule has 0 atom stereocenters. The number of aromatic nitrogens is 2. The Bertz CT molecular complexity index is 908. The molecule has 0 unspecified atom stereocenters. The highest BCUT2D eigenvalue weighted by Gasteiger charge is 2.17. The van der Waals surface area contributed by atoms with Gasteiger partial charge in [-0.25, -0.2) is 9.78 Å². The van der Waals surface area contributed by atoms with Crippen LogP contribution in [0.4, 0.5) is 0 Å². The lowest BCUT2D eigenvalue weighted by atomic mass is 10.2. The van der Waals surface area contributed by atoms with E-state index in [1.165, 1.54) is 6.20 Å². The van der Waals surface area contributed by atoms with Crippen molar-refractivity contribution in [2.24, 2.45) is 0 Å². The number of nitrogens with zero attached hydrogens (tertiary/aromatic N) is 2. The maximum atomic E-state index is 11.4. The van der Waals surface area contributed by atoms with Gasteiger partial charge in [0.25, 0.3) is 0 Å². The summed E-state index contributed by atoms with van der Waals surface area (Å²) in [6.45, 7) is 0. The first kappa shape index (κ1) is 17.2. The molecule has 0 radical (unpaired) electrons. The van der Waals surface area contributed by atoms with E-state index >= 15 is 0 Å². The van der Waals surface area contributed by atoms with E-state index in [0.717, 1.165) is 0 Å². The maximum absolute atomic E-state index is 11.4. The molecule has 0 aliphatic heterocycles. The second-order valence-corrected chi connectivity index (χ2v) is 5.22. The summed E-state index contributed by atoms with van der Waals surface area (Å²) in [6, 6.07) is 13.9. The summed E-state index contributed by atoms with van der Waals surface area (Å²) in [6.07, 6.45) is 1.23. The smallest absolute Gasteiger partial charge is 0.342 e. The molecule has 0 saturated heterocycles. The lowest BCUT2D eigenvalue weighted by Crippen LogP contribution is -2.04. The number of carboxylic acid groups (broad SMARTS) is 1. The summed E-state index contributed by atoms with van der Waals surface area (Å²) in [5.41, 5.74) is 0.584. The molecule has 7 heteroatoms. The summed E-state index contributed by atoms with van der Waals surface area (Å²) < 4.78 is 15.9.